The van der Waals surface area contributed by atoms with Crippen molar-refractivity contribution in [1.82, 2.24) is 0 Å². The van der Waals surface area contributed by atoms with Crippen LogP contribution in [0.25, 0.3) is 0 Å². The number of benzene rings is 1. The first kappa shape index (κ1) is 14.4. The third-order valence-electron chi connectivity index (χ3n) is 3.75. The molecule has 1 aromatic heterocycles. The maximum Gasteiger partial charge on any atom is 0.240 e. The number of nitrogen functional groups attached to an aromatic ring is 1. The van der Waals surface area contributed by atoms with Crippen LogP contribution in [0, 0.1) is 0 Å². The number of sulfonamides is 1. The lowest BCUT2D eigenvalue weighted by Crippen LogP contribution is -2.18. The van der Waals surface area contributed by atoms with Crippen LogP contribution in [-0.4, -0.2) is 8.42 Å². The number of hydrogen-bond acceptors (Lipinski definition) is 5. The quantitative estimate of drug-likeness (QED) is 0.756. The summed E-state index contributed by atoms with van der Waals surface area (Å²) in [5, 5.41) is 10.6. The molecular weight excluding hydrogens is 306 g/mol. The SMILES string of the molecule is Nc1c(NC2CCCc3sccc32)cccc1S(N)(=O)=O. The van der Waals surface area contributed by atoms with Crippen molar-refractivity contribution in [2.45, 2.75) is 30.2 Å². The summed E-state index contributed by atoms with van der Waals surface area (Å²) < 4.78 is 23.1. The smallest absolute Gasteiger partial charge is 0.240 e. The zero-order valence-corrected chi connectivity index (χ0v) is 13.0. The molecule has 21 heavy (non-hydrogen) atoms. The van der Waals surface area contributed by atoms with Gasteiger partial charge in [-0.2, -0.15) is 0 Å². The first-order valence-corrected chi connectivity index (χ1v) is 9.13. The van der Waals surface area contributed by atoms with Gasteiger partial charge >= 0.3 is 0 Å². The third kappa shape index (κ3) is 2.76. The number of primary sulfonamides is 1. The number of thiophene rings is 1. The van der Waals surface area contributed by atoms with Gasteiger partial charge in [0.05, 0.1) is 17.4 Å². The van der Waals surface area contributed by atoms with E-state index in [0.717, 1.165) is 19.3 Å². The topological polar surface area (TPSA) is 98.2 Å². The highest BCUT2D eigenvalue weighted by Gasteiger charge is 2.23. The number of fused-ring (bicyclic) bond motifs is 1. The number of rotatable bonds is 3. The van der Waals surface area contributed by atoms with Crippen LogP contribution >= 0.6 is 11.3 Å². The number of aryl methyl sites for hydroxylation is 1. The predicted molar refractivity (Wildman–Crippen MR) is 85.8 cm³/mol. The van der Waals surface area contributed by atoms with Gasteiger partial charge in [0.25, 0.3) is 0 Å². The fourth-order valence-electron chi connectivity index (χ4n) is 2.74. The van der Waals surface area contributed by atoms with Gasteiger partial charge in [-0.1, -0.05) is 6.07 Å². The molecular formula is C14H17N3O2S2. The maximum atomic E-state index is 11.5. The van der Waals surface area contributed by atoms with E-state index < -0.39 is 10.0 Å². The normalized spacial score (nSPS) is 18.2. The van der Waals surface area contributed by atoms with E-state index in [-0.39, 0.29) is 16.6 Å². The highest BCUT2D eigenvalue weighted by atomic mass is 32.2. The molecule has 1 heterocycles. The Morgan fingerprint density at radius 3 is 2.86 bits per heavy atom. The fourth-order valence-corrected chi connectivity index (χ4v) is 4.41. The molecule has 5 N–H and O–H groups in total. The summed E-state index contributed by atoms with van der Waals surface area (Å²) in [6, 6.07) is 7.14. The Morgan fingerprint density at radius 2 is 2.10 bits per heavy atom. The molecule has 1 atom stereocenters. The molecule has 3 rings (SSSR count). The van der Waals surface area contributed by atoms with E-state index in [9.17, 15) is 8.42 Å². The van der Waals surface area contributed by atoms with Crippen LogP contribution in [0.15, 0.2) is 34.5 Å². The van der Waals surface area contributed by atoms with E-state index in [2.05, 4.69) is 16.8 Å². The number of anilines is 2. The number of para-hydroxylation sites is 1. The second-order valence-corrected chi connectivity index (χ2v) is 7.68. The summed E-state index contributed by atoms with van der Waals surface area (Å²) in [6.45, 7) is 0. The molecule has 2 aromatic rings. The molecule has 0 saturated heterocycles. The minimum absolute atomic E-state index is 0.0335. The molecule has 0 aliphatic heterocycles. The lowest BCUT2D eigenvalue weighted by atomic mass is 9.94. The van der Waals surface area contributed by atoms with Gasteiger partial charge in [-0.05, 0) is 48.4 Å². The molecule has 1 aliphatic carbocycles. The van der Waals surface area contributed by atoms with Crippen molar-refractivity contribution in [3.05, 3.63) is 40.1 Å². The Kier molecular flexibility index (Phi) is 3.64. The van der Waals surface area contributed by atoms with Crippen LogP contribution in [0.5, 0.6) is 0 Å². The van der Waals surface area contributed by atoms with Gasteiger partial charge in [0.15, 0.2) is 0 Å². The standard InChI is InChI=1S/C14H17N3O2S2/c15-14-11(4-2-6-13(14)21(16,18)19)17-10-3-1-5-12-9(10)7-8-20-12/h2,4,6-8,10,17H,1,3,5,15H2,(H2,16,18,19). The minimum atomic E-state index is -3.81. The molecule has 1 aliphatic rings. The molecule has 5 nitrogen and oxygen atoms in total. The first-order valence-electron chi connectivity index (χ1n) is 6.71. The van der Waals surface area contributed by atoms with Gasteiger partial charge in [-0.25, -0.2) is 13.6 Å². The van der Waals surface area contributed by atoms with Crippen molar-refractivity contribution in [2.24, 2.45) is 5.14 Å². The molecule has 0 radical (unpaired) electrons. The Morgan fingerprint density at radius 1 is 1.29 bits per heavy atom. The fraction of sp³-hybridized carbons (Fsp3) is 0.286. The highest BCUT2D eigenvalue weighted by molar-refractivity contribution is 7.89. The van der Waals surface area contributed by atoms with Crippen LogP contribution in [-0.2, 0) is 16.4 Å². The molecule has 7 heteroatoms. The summed E-state index contributed by atoms with van der Waals surface area (Å²) in [7, 11) is -3.81. The summed E-state index contributed by atoms with van der Waals surface area (Å²) in [6.07, 6.45) is 3.22. The molecule has 112 valence electrons. The summed E-state index contributed by atoms with van der Waals surface area (Å²) >= 11 is 1.76. The average molecular weight is 323 g/mol. The van der Waals surface area contributed by atoms with E-state index in [1.807, 2.05) is 0 Å². The summed E-state index contributed by atoms with van der Waals surface area (Å²) in [5.41, 5.74) is 8.05. The van der Waals surface area contributed by atoms with Gasteiger partial charge in [0, 0.05) is 4.88 Å². The summed E-state index contributed by atoms with van der Waals surface area (Å²) in [5.74, 6) is 0. The van der Waals surface area contributed by atoms with Crippen molar-refractivity contribution in [3.63, 3.8) is 0 Å². The lowest BCUT2D eigenvalue weighted by Gasteiger charge is -2.25. The Hall–Kier alpha value is -1.57. The van der Waals surface area contributed by atoms with Crippen molar-refractivity contribution in [3.8, 4) is 0 Å². The highest BCUT2D eigenvalue weighted by Crippen LogP contribution is 2.37. The summed E-state index contributed by atoms with van der Waals surface area (Å²) in [4.78, 5) is 1.36. The second-order valence-electron chi connectivity index (χ2n) is 5.15. The molecule has 1 aromatic carbocycles. The number of nitrogens with one attached hydrogen (secondary N) is 1. The molecule has 0 saturated carbocycles. The Bertz CT molecular complexity index is 768. The van der Waals surface area contributed by atoms with Crippen LogP contribution in [0.1, 0.15) is 29.3 Å². The zero-order valence-electron chi connectivity index (χ0n) is 11.4. The van der Waals surface area contributed by atoms with E-state index in [1.54, 1.807) is 23.5 Å². The van der Waals surface area contributed by atoms with Crippen LogP contribution in [0.4, 0.5) is 11.4 Å². The molecule has 0 bridgehead atoms. The lowest BCUT2D eigenvalue weighted by molar-refractivity contribution is 0.597. The minimum Gasteiger partial charge on any atom is -0.396 e. The van der Waals surface area contributed by atoms with E-state index in [1.165, 1.54) is 16.5 Å². The molecule has 1 unspecified atom stereocenters. The monoisotopic (exact) mass is 323 g/mol. The van der Waals surface area contributed by atoms with Gasteiger partial charge in [-0.3, -0.25) is 0 Å². The van der Waals surface area contributed by atoms with Crippen LogP contribution in [0.2, 0.25) is 0 Å². The largest absolute Gasteiger partial charge is 0.396 e. The van der Waals surface area contributed by atoms with E-state index in [0.29, 0.717) is 5.69 Å². The van der Waals surface area contributed by atoms with Crippen molar-refractivity contribution in [2.75, 3.05) is 11.1 Å². The van der Waals surface area contributed by atoms with Gasteiger partial charge in [0.2, 0.25) is 10.0 Å². The van der Waals surface area contributed by atoms with Crippen molar-refractivity contribution >= 4 is 32.7 Å². The van der Waals surface area contributed by atoms with Gasteiger partial charge < -0.3 is 11.1 Å². The molecule has 0 spiro atoms. The van der Waals surface area contributed by atoms with Crippen molar-refractivity contribution in [1.29, 1.82) is 0 Å². The Labute approximate surface area is 128 Å². The molecule has 0 fully saturated rings. The maximum absolute atomic E-state index is 11.5. The third-order valence-corrected chi connectivity index (χ3v) is 5.72. The average Bonchev–Trinajstić information content (AvgIpc) is 2.89. The molecule has 0 amide bonds. The van der Waals surface area contributed by atoms with Crippen molar-refractivity contribution < 1.29 is 8.42 Å². The Balaban J connectivity index is 1.94. The van der Waals surface area contributed by atoms with Crippen LogP contribution in [0.3, 0.4) is 0 Å². The van der Waals surface area contributed by atoms with E-state index >= 15 is 0 Å². The van der Waals surface area contributed by atoms with Gasteiger partial charge in [0.1, 0.15) is 4.90 Å². The first-order chi connectivity index (χ1) is 9.97. The number of nitrogens with two attached hydrogens (primary N) is 2. The zero-order chi connectivity index (χ0) is 15.0. The number of hydrogen-bond donors (Lipinski definition) is 3. The predicted octanol–water partition coefficient (Wildman–Crippen LogP) is 2.47. The second kappa shape index (κ2) is 5.32. The van der Waals surface area contributed by atoms with Gasteiger partial charge in [-0.15, -0.1) is 11.3 Å². The van der Waals surface area contributed by atoms with E-state index in [4.69, 9.17) is 10.9 Å². The van der Waals surface area contributed by atoms with Crippen LogP contribution < -0.4 is 16.2 Å².